The maximum absolute atomic E-state index is 10.4. The molecule has 0 amide bonds. The van der Waals surface area contributed by atoms with E-state index in [9.17, 15) is 5.11 Å². The van der Waals surface area contributed by atoms with Gasteiger partial charge in [0.15, 0.2) is 0 Å². The molecule has 0 aliphatic rings. The highest BCUT2D eigenvalue weighted by Gasteiger charge is 2.05. The lowest BCUT2D eigenvalue weighted by molar-refractivity contribution is 0.472. The highest BCUT2D eigenvalue weighted by Crippen LogP contribution is 2.29. The van der Waals surface area contributed by atoms with Gasteiger partial charge in [0.25, 0.3) is 0 Å². The normalized spacial score (nSPS) is 11.3. The molecule has 1 nitrogen and oxygen atoms in total. The summed E-state index contributed by atoms with van der Waals surface area (Å²) in [6.45, 7) is 2.28. The Labute approximate surface area is 160 Å². The van der Waals surface area contributed by atoms with E-state index in [1.807, 2.05) is 18.2 Å². The van der Waals surface area contributed by atoms with Crippen LogP contribution in [0.2, 0.25) is 0 Å². The molecule has 0 bridgehead atoms. The van der Waals surface area contributed by atoms with Gasteiger partial charge >= 0.3 is 0 Å². The average molecular weight is 355 g/mol. The highest BCUT2D eigenvalue weighted by molar-refractivity contribution is 5.89. The Morgan fingerprint density at radius 2 is 1.15 bits per heavy atom. The fourth-order valence-electron chi connectivity index (χ4n) is 3.84. The third kappa shape index (κ3) is 7.40. The third-order valence-corrected chi connectivity index (χ3v) is 5.53. The molecule has 0 unspecified atom stereocenters. The minimum absolute atomic E-state index is 0.488. The van der Waals surface area contributed by atoms with Crippen molar-refractivity contribution in [2.45, 2.75) is 96.8 Å². The number of aromatic hydroxyl groups is 1. The molecule has 1 heteroatoms. The second kappa shape index (κ2) is 12.8. The number of phenolic OH excluding ortho intramolecular Hbond substituents is 1. The minimum Gasteiger partial charge on any atom is -0.507 e. The molecular weight excluding hydrogens is 316 g/mol. The average Bonchev–Trinajstić information content (AvgIpc) is 2.67. The first-order valence-corrected chi connectivity index (χ1v) is 11.0. The van der Waals surface area contributed by atoms with Crippen LogP contribution in [0.4, 0.5) is 0 Å². The molecule has 0 radical (unpaired) electrons. The predicted octanol–water partition coefficient (Wildman–Crippen LogP) is 8.18. The van der Waals surface area contributed by atoms with E-state index in [1.165, 1.54) is 83.5 Å². The molecule has 0 fully saturated rings. The van der Waals surface area contributed by atoms with Crippen LogP contribution in [0.15, 0.2) is 36.4 Å². The predicted molar refractivity (Wildman–Crippen MR) is 115 cm³/mol. The van der Waals surface area contributed by atoms with Crippen molar-refractivity contribution in [2.24, 2.45) is 0 Å². The quantitative estimate of drug-likeness (QED) is 0.339. The van der Waals surface area contributed by atoms with E-state index < -0.39 is 0 Å². The zero-order valence-corrected chi connectivity index (χ0v) is 16.8. The third-order valence-electron chi connectivity index (χ3n) is 5.53. The first-order chi connectivity index (χ1) is 12.8. The maximum atomic E-state index is 10.4. The maximum Gasteiger partial charge on any atom is 0.126 e. The molecule has 0 heterocycles. The SMILES string of the molecule is CCCCCCCCCCCCCCCc1ccc2ccccc2c1O. The highest BCUT2D eigenvalue weighted by atomic mass is 16.3. The molecule has 0 aliphatic heterocycles. The summed E-state index contributed by atoms with van der Waals surface area (Å²) in [5, 5.41) is 12.6. The van der Waals surface area contributed by atoms with Crippen LogP contribution < -0.4 is 0 Å². The Hall–Kier alpha value is -1.50. The smallest absolute Gasteiger partial charge is 0.126 e. The van der Waals surface area contributed by atoms with Gasteiger partial charge in [0.05, 0.1) is 0 Å². The van der Waals surface area contributed by atoms with E-state index in [0.717, 1.165) is 22.8 Å². The van der Waals surface area contributed by atoms with Crippen molar-refractivity contribution in [3.63, 3.8) is 0 Å². The Balaban J connectivity index is 1.49. The molecule has 1 N–H and O–H groups in total. The number of hydrogen-bond donors (Lipinski definition) is 1. The van der Waals surface area contributed by atoms with Crippen LogP contribution in [0.1, 0.15) is 96.0 Å². The van der Waals surface area contributed by atoms with Crippen LogP contribution in [0, 0.1) is 0 Å². The van der Waals surface area contributed by atoms with Crippen LogP contribution in [0.5, 0.6) is 5.75 Å². The van der Waals surface area contributed by atoms with Gasteiger partial charge in [0, 0.05) is 5.39 Å². The standard InChI is InChI=1S/C25H38O/c1-2-3-4-5-6-7-8-9-10-11-12-13-14-18-23-21-20-22-17-15-16-19-24(22)25(23)26/h15-17,19-21,26H,2-14,18H2,1H3. The van der Waals surface area contributed by atoms with E-state index in [1.54, 1.807) is 0 Å². The van der Waals surface area contributed by atoms with E-state index in [4.69, 9.17) is 0 Å². The summed E-state index contributed by atoms with van der Waals surface area (Å²) in [6.07, 6.45) is 18.9. The van der Waals surface area contributed by atoms with Crippen LogP contribution in [-0.2, 0) is 6.42 Å². The number of rotatable bonds is 14. The van der Waals surface area contributed by atoms with Gasteiger partial charge in [-0.25, -0.2) is 0 Å². The van der Waals surface area contributed by atoms with Gasteiger partial charge in [-0.15, -0.1) is 0 Å². The van der Waals surface area contributed by atoms with Crippen LogP contribution in [-0.4, -0.2) is 5.11 Å². The molecule has 0 aliphatic carbocycles. The zero-order valence-electron chi connectivity index (χ0n) is 16.8. The lowest BCUT2D eigenvalue weighted by Gasteiger charge is -2.08. The molecule has 0 atom stereocenters. The number of aryl methyl sites for hydroxylation is 1. The van der Waals surface area contributed by atoms with Crippen LogP contribution in [0.25, 0.3) is 10.8 Å². The first-order valence-electron chi connectivity index (χ1n) is 11.0. The summed E-state index contributed by atoms with van der Waals surface area (Å²) < 4.78 is 0. The number of hydrogen-bond acceptors (Lipinski definition) is 1. The lowest BCUT2D eigenvalue weighted by atomic mass is 10.00. The lowest BCUT2D eigenvalue weighted by Crippen LogP contribution is -1.89. The number of phenols is 1. The molecular formula is C25H38O. The van der Waals surface area contributed by atoms with Gasteiger partial charge < -0.3 is 5.11 Å². The Kier molecular flexibility index (Phi) is 10.2. The largest absolute Gasteiger partial charge is 0.507 e. The monoisotopic (exact) mass is 354 g/mol. The van der Waals surface area contributed by atoms with Crippen LogP contribution >= 0.6 is 0 Å². The molecule has 144 valence electrons. The van der Waals surface area contributed by atoms with Crippen molar-refractivity contribution in [3.8, 4) is 5.75 Å². The number of fused-ring (bicyclic) bond motifs is 1. The molecule has 26 heavy (non-hydrogen) atoms. The summed E-state index contributed by atoms with van der Waals surface area (Å²) in [5.41, 5.74) is 1.10. The van der Waals surface area contributed by atoms with Gasteiger partial charge in [-0.1, -0.05) is 120 Å². The van der Waals surface area contributed by atoms with Crippen molar-refractivity contribution in [1.82, 2.24) is 0 Å². The van der Waals surface area contributed by atoms with Gasteiger partial charge in [-0.2, -0.15) is 0 Å². The molecule has 2 rings (SSSR count). The van der Waals surface area contributed by atoms with E-state index >= 15 is 0 Å². The van der Waals surface area contributed by atoms with Crippen molar-refractivity contribution < 1.29 is 5.11 Å². The van der Waals surface area contributed by atoms with Crippen molar-refractivity contribution >= 4 is 10.8 Å². The van der Waals surface area contributed by atoms with E-state index in [-0.39, 0.29) is 0 Å². The summed E-state index contributed by atoms with van der Waals surface area (Å²) in [5.74, 6) is 0.488. The Morgan fingerprint density at radius 1 is 0.615 bits per heavy atom. The molecule has 0 spiro atoms. The summed E-state index contributed by atoms with van der Waals surface area (Å²) >= 11 is 0. The van der Waals surface area contributed by atoms with Gasteiger partial charge in [-0.3, -0.25) is 0 Å². The van der Waals surface area contributed by atoms with Crippen molar-refractivity contribution in [1.29, 1.82) is 0 Å². The second-order valence-corrected chi connectivity index (χ2v) is 7.79. The van der Waals surface area contributed by atoms with Crippen LogP contribution in [0.3, 0.4) is 0 Å². The molecule has 0 aromatic heterocycles. The molecule has 0 saturated heterocycles. The van der Waals surface area contributed by atoms with Gasteiger partial charge in [-0.05, 0) is 23.8 Å². The number of unbranched alkanes of at least 4 members (excludes halogenated alkanes) is 12. The summed E-state index contributed by atoms with van der Waals surface area (Å²) in [7, 11) is 0. The Bertz CT molecular complexity index is 617. The number of benzene rings is 2. The summed E-state index contributed by atoms with van der Waals surface area (Å²) in [6, 6.07) is 12.3. The van der Waals surface area contributed by atoms with Gasteiger partial charge in [0.1, 0.15) is 5.75 Å². The van der Waals surface area contributed by atoms with E-state index in [2.05, 4.69) is 25.1 Å². The van der Waals surface area contributed by atoms with Gasteiger partial charge in [0.2, 0.25) is 0 Å². The van der Waals surface area contributed by atoms with Crippen molar-refractivity contribution in [3.05, 3.63) is 42.0 Å². The zero-order chi connectivity index (χ0) is 18.5. The molecule has 0 saturated carbocycles. The second-order valence-electron chi connectivity index (χ2n) is 7.79. The first kappa shape index (κ1) is 20.8. The fourth-order valence-corrected chi connectivity index (χ4v) is 3.84. The minimum atomic E-state index is 0.488. The van der Waals surface area contributed by atoms with E-state index in [0.29, 0.717) is 5.75 Å². The Morgan fingerprint density at radius 3 is 1.77 bits per heavy atom. The molecule has 2 aromatic rings. The summed E-state index contributed by atoms with van der Waals surface area (Å²) in [4.78, 5) is 0. The fraction of sp³-hybridized carbons (Fsp3) is 0.600. The molecule has 2 aromatic carbocycles. The topological polar surface area (TPSA) is 20.2 Å². The van der Waals surface area contributed by atoms with Crippen molar-refractivity contribution in [2.75, 3.05) is 0 Å².